The molecule has 0 spiro atoms. The van der Waals surface area contributed by atoms with Crippen LogP contribution in [0.25, 0.3) is 0 Å². The highest BCUT2D eigenvalue weighted by atomic mass is 35.5. The Morgan fingerprint density at radius 1 is 1.70 bits per heavy atom. The fourth-order valence-corrected chi connectivity index (χ4v) is 0.999. The van der Waals surface area contributed by atoms with Crippen LogP contribution in [-0.2, 0) is 11.6 Å². The fourth-order valence-electron chi connectivity index (χ4n) is 0.527. The van der Waals surface area contributed by atoms with Gasteiger partial charge in [0, 0.05) is 0 Å². The molecule has 5 heteroatoms. The van der Waals surface area contributed by atoms with Crippen LogP contribution in [0.15, 0.2) is 4.52 Å². The molecule has 0 bridgehead atoms. The molecule has 1 rings (SSSR count). The minimum absolute atomic E-state index is 0.317. The van der Waals surface area contributed by atoms with Gasteiger partial charge < -0.3 is 4.52 Å². The van der Waals surface area contributed by atoms with Gasteiger partial charge in [0.1, 0.15) is 0 Å². The predicted molar refractivity (Wildman–Crippen MR) is 41.1 cm³/mol. The van der Waals surface area contributed by atoms with E-state index in [9.17, 15) is 0 Å². The molecule has 0 N–H and O–H groups in total. The van der Waals surface area contributed by atoms with Crippen LogP contribution in [-0.4, -0.2) is 16.4 Å². The van der Waals surface area contributed by atoms with Crippen LogP contribution in [0.2, 0.25) is 0 Å². The lowest BCUT2D eigenvalue weighted by Gasteiger charge is -1.82. The van der Waals surface area contributed by atoms with E-state index in [1.165, 1.54) is 0 Å². The zero-order valence-corrected chi connectivity index (χ0v) is 7.08. The first-order chi connectivity index (χ1) is 4.86. The lowest BCUT2D eigenvalue weighted by atomic mass is 10.7. The van der Waals surface area contributed by atoms with E-state index in [4.69, 9.17) is 16.1 Å². The lowest BCUT2D eigenvalue weighted by molar-refractivity contribution is 0.386. The Hall–Kier alpha value is -0.220. The molecule has 0 saturated heterocycles. The molecule has 0 aliphatic heterocycles. The Kier molecular flexibility index (Phi) is 3.02. The molecule has 0 atom stereocenters. The number of halogens is 1. The zero-order valence-electron chi connectivity index (χ0n) is 5.50. The first-order valence-electron chi connectivity index (χ1n) is 2.73. The Bertz CT molecular complexity index is 203. The zero-order chi connectivity index (χ0) is 7.40. The Labute approximate surface area is 68.1 Å². The minimum atomic E-state index is 0.317. The van der Waals surface area contributed by atoms with Crippen molar-refractivity contribution in [1.82, 2.24) is 10.1 Å². The van der Waals surface area contributed by atoms with Crippen molar-refractivity contribution in [2.45, 2.75) is 11.6 Å². The topological polar surface area (TPSA) is 38.9 Å². The predicted octanol–water partition coefficient (Wildman–Crippen LogP) is 1.67. The van der Waals surface area contributed by atoms with E-state index in [0.29, 0.717) is 17.6 Å². The molecule has 0 aliphatic carbocycles. The molecule has 1 aromatic heterocycles. The smallest absolute Gasteiger partial charge is 0.236 e. The monoisotopic (exact) mass is 178 g/mol. The summed E-state index contributed by atoms with van der Waals surface area (Å²) in [4.78, 5) is 3.99. The molecule has 0 saturated carbocycles. The third-order valence-electron chi connectivity index (χ3n) is 0.897. The van der Waals surface area contributed by atoms with Gasteiger partial charge in [0.2, 0.25) is 5.89 Å². The minimum Gasteiger partial charge on any atom is -0.338 e. The molecule has 0 unspecified atom stereocenters. The second-order valence-electron chi connectivity index (χ2n) is 1.67. The van der Waals surface area contributed by atoms with Crippen LogP contribution in [0, 0.1) is 0 Å². The summed E-state index contributed by atoms with van der Waals surface area (Å²) < 4.78 is 4.83. The molecule has 0 aliphatic rings. The molecule has 0 amide bonds. The van der Waals surface area contributed by atoms with E-state index < -0.39 is 0 Å². The molecule has 0 radical (unpaired) electrons. The third kappa shape index (κ3) is 1.88. The van der Waals surface area contributed by atoms with Crippen molar-refractivity contribution in [3.63, 3.8) is 0 Å². The van der Waals surface area contributed by atoms with Crippen molar-refractivity contribution in [2.75, 3.05) is 6.26 Å². The van der Waals surface area contributed by atoms with Crippen LogP contribution in [0.3, 0.4) is 0 Å². The second kappa shape index (κ2) is 3.83. The number of rotatable bonds is 3. The van der Waals surface area contributed by atoms with Gasteiger partial charge in [-0.05, 0) is 6.26 Å². The Morgan fingerprint density at radius 3 is 3.00 bits per heavy atom. The van der Waals surface area contributed by atoms with Crippen molar-refractivity contribution < 1.29 is 4.52 Å². The number of nitrogens with zero attached hydrogens (tertiary/aromatic N) is 2. The number of aromatic nitrogens is 2. The summed E-state index contributed by atoms with van der Waals surface area (Å²) in [5, 5.41) is 3.62. The summed E-state index contributed by atoms with van der Waals surface area (Å²) in [6, 6.07) is 0. The summed E-state index contributed by atoms with van der Waals surface area (Å²) >= 11 is 7.09. The Balaban J connectivity index is 2.59. The highest BCUT2D eigenvalue weighted by Crippen LogP contribution is 2.06. The SMILES string of the molecule is CSCc1nc(CCl)no1. The third-order valence-corrected chi connectivity index (χ3v) is 1.67. The molecular formula is C5H7ClN2OS. The van der Waals surface area contributed by atoms with Crippen molar-refractivity contribution in [1.29, 1.82) is 0 Å². The molecule has 1 heterocycles. The van der Waals surface area contributed by atoms with Crippen LogP contribution in [0.5, 0.6) is 0 Å². The quantitative estimate of drug-likeness (QED) is 0.661. The van der Waals surface area contributed by atoms with Gasteiger partial charge in [0.25, 0.3) is 0 Å². The highest BCUT2D eigenvalue weighted by molar-refractivity contribution is 7.97. The summed E-state index contributed by atoms with van der Waals surface area (Å²) in [7, 11) is 0. The first kappa shape index (κ1) is 7.88. The van der Waals surface area contributed by atoms with E-state index in [1.807, 2.05) is 6.26 Å². The first-order valence-corrected chi connectivity index (χ1v) is 4.66. The molecule has 56 valence electrons. The van der Waals surface area contributed by atoms with E-state index in [1.54, 1.807) is 11.8 Å². The lowest BCUT2D eigenvalue weighted by Crippen LogP contribution is -1.81. The Morgan fingerprint density at radius 2 is 2.50 bits per heavy atom. The van der Waals surface area contributed by atoms with Crippen molar-refractivity contribution in [2.24, 2.45) is 0 Å². The number of hydrogen-bond donors (Lipinski definition) is 0. The molecule has 10 heavy (non-hydrogen) atoms. The number of thioether (sulfide) groups is 1. The largest absolute Gasteiger partial charge is 0.338 e. The van der Waals surface area contributed by atoms with Crippen LogP contribution < -0.4 is 0 Å². The molecular weight excluding hydrogens is 172 g/mol. The number of hydrogen-bond acceptors (Lipinski definition) is 4. The molecule has 1 aromatic rings. The summed E-state index contributed by atoms with van der Waals surface area (Å²) in [6.45, 7) is 0. The maximum Gasteiger partial charge on any atom is 0.236 e. The second-order valence-corrected chi connectivity index (χ2v) is 2.80. The van der Waals surface area contributed by atoms with Crippen LogP contribution in [0.4, 0.5) is 0 Å². The van der Waals surface area contributed by atoms with Gasteiger partial charge in [-0.2, -0.15) is 16.7 Å². The van der Waals surface area contributed by atoms with Gasteiger partial charge in [-0.25, -0.2) is 0 Å². The average molecular weight is 179 g/mol. The molecule has 0 fully saturated rings. The summed E-state index contributed by atoms with van der Waals surface area (Å²) in [6.07, 6.45) is 1.98. The van der Waals surface area contributed by atoms with E-state index >= 15 is 0 Å². The maximum absolute atomic E-state index is 5.45. The van der Waals surface area contributed by atoms with Crippen LogP contribution >= 0.6 is 23.4 Å². The van der Waals surface area contributed by atoms with Crippen LogP contribution in [0.1, 0.15) is 11.7 Å². The van der Waals surface area contributed by atoms with Gasteiger partial charge >= 0.3 is 0 Å². The van der Waals surface area contributed by atoms with Gasteiger partial charge in [-0.1, -0.05) is 5.16 Å². The van der Waals surface area contributed by atoms with Gasteiger partial charge in [-0.15, -0.1) is 11.6 Å². The van der Waals surface area contributed by atoms with Gasteiger partial charge in [0.15, 0.2) is 5.82 Å². The summed E-state index contributed by atoms with van der Waals surface area (Å²) in [5.74, 6) is 2.27. The van der Waals surface area contributed by atoms with Gasteiger partial charge in [-0.3, -0.25) is 0 Å². The standard InChI is InChI=1S/C5H7ClN2OS/c1-10-3-5-7-4(2-6)8-9-5/h2-3H2,1H3. The van der Waals surface area contributed by atoms with E-state index in [0.717, 1.165) is 5.75 Å². The highest BCUT2D eigenvalue weighted by Gasteiger charge is 2.02. The summed E-state index contributed by atoms with van der Waals surface area (Å²) in [5.41, 5.74) is 0. The van der Waals surface area contributed by atoms with Crippen molar-refractivity contribution in [3.8, 4) is 0 Å². The van der Waals surface area contributed by atoms with E-state index in [-0.39, 0.29) is 0 Å². The van der Waals surface area contributed by atoms with Crippen molar-refractivity contribution in [3.05, 3.63) is 11.7 Å². The van der Waals surface area contributed by atoms with Crippen molar-refractivity contribution >= 4 is 23.4 Å². The van der Waals surface area contributed by atoms with E-state index in [2.05, 4.69) is 10.1 Å². The fraction of sp³-hybridized carbons (Fsp3) is 0.600. The molecule has 3 nitrogen and oxygen atoms in total. The average Bonchev–Trinajstić information content (AvgIpc) is 2.37. The maximum atomic E-state index is 5.45. The normalized spacial score (nSPS) is 10.2. The van der Waals surface area contributed by atoms with Gasteiger partial charge in [0.05, 0.1) is 11.6 Å². The molecule has 0 aromatic carbocycles. The number of alkyl halides is 1.